The van der Waals surface area contributed by atoms with E-state index in [-0.39, 0.29) is 35.8 Å². The molecule has 0 aromatic heterocycles. The van der Waals surface area contributed by atoms with Crippen LogP contribution in [-0.4, -0.2) is 79.0 Å². The van der Waals surface area contributed by atoms with Crippen LogP contribution in [0, 0.1) is 0 Å². The first-order valence-corrected chi connectivity index (χ1v) is 11.7. The first kappa shape index (κ1) is 26.4. The molecule has 2 heterocycles. The third-order valence-electron chi connectivity index (χ3n) is 6.28. The number of carbonyl (C=O) groups excluding carboxylic acids is 2. The summed E-state index contributed by atoms with van der Waals surface area (Å²) in [7, 11) is 2.34. The standard InChI is InChI=1S/C23H32Cl2N3O2.HI/c1-28(15-3-2-4-16-28)17-5-11-26-13-14-27(12-10-23(26)30)22(29)9-7-19-6-8-20(24)21(25)18-19;/h6-9,18H,2-5,10-17H2,1H3;1H/q+1;/p-1/b9-7+;. The summed E-state index contributed by atoms with van der Waals surface area (Å²) in [5, 5.41) is 0.950. The quantitative estimate of drug-likeness (QED) is 0.288. The highest BCUT2D eigenvalue weighted by atomic mass is 127. The van der Waals surface area contributed by atoms with Crippen LogP contribution in [0.25, 0.3) is 6.08 Å². The largest absolute Gasteiger partial charge is 1.00 e. The Morgan fingerprint density at radius 3 is 2.55 bits per heavy atom. The molecule has 0 aliphatic carbocycles. The Labute approximate surface area is 212 Å². The van der Waals surface area contributed by atoms with Gasteiger partial charge in [-0.05, 0) is 43.0 Å². The summed E-state index contributed by atoms with van der Waals surface area (Å²) in [6.07, 6.45) is 8.66. The molecule has 0 N–H and O–H groups in total. The lowest BCUT2D eigenvalue weighted by molar-refractivity contribution is -0.914. The third kappa shape index (κ3) is 7.91. The summed E-state index contributed by atoms with van der Waals surface area (Å²) in [5.41, 5.74) is 0.819. The number of benzene rings is 1. The van der Waals surface area contributed by atoms with E-state index in [2.05, 4.69) is 7.05 Å². The molecule has 0 bridgehead atoms. The fourth-order valence-corrected chi connectivity index (χ4v) is 4.66. The maximum atomic E-state index is 12.6. The number of amides is 2. The monoisotopic (exact) mass is 579 g/mol. The lowest BCUT2D eigenvalue weighted by Crippen LogP contribution is -3.00. The van der Waals surface area contributed by atoms with Gasteiger partial charge < -0.3 is 38.3 Å². The lowest BCUT2D eigenvalue weighted by Gasteiger charge is -2.38. The number of halogens is 3. The Morgan fingerprint density at radius 2 is 1.84 bits per heavy atom. The minimum atomic E-state index is -0.0814. The highest BCUT2D eigenvalue weighted by Gasteiger charge is 2.26. The first-order chi connectivity index (χ1) is 14.4. The average molecular weight is 580 g/mol. The van der Waals surface area contributed by atoms with Crippen molar-refractivity contribution < 1.29 is 38.0 Å². The second kappa shape index (κ2) is 12.4. The molecule has 5 nitrogen and oxygen atoms in total. The van der Waals surface area contributed by atoms with Gasteiger partial charge in [0.25, 0.3) is 0 Å². The summed E-state index contributed by atoms with van der Waals surface area (Å²) >= 11 is 12.0. The average Bonchev–Trinajstić information content (AvgIpc) is 2.91. The van der Waals surface area contributed by atoms with Gasteiger partial charge in [0.05, 0.1) is 36.7 Å². The molecule has 0 radical (unpaired) electrons. The topological polar surface area (TPSA) is 40.6 Å². The molecule has 2 aliphatic rings. The predicted molar refractivity (Wildman–Crippen MR) is 123 cm³/mol. The van der Waals surface area contributed by atoms with Crippen LogP contribution in [0.4, 0.5) is 0 Å². The van der Waals surface area contributed by atoms with Gasteiger partial charge in [-0.1, -0.05) is 29.3 Å². The Bertz CT molecular complexity index is 797. The minimum Gasteiger partial charge on any atom is -1.00 e. The van der Waals surface area contributed by atoms with Crippen molar-refractivity contribution in [2.45, 2.75) is 32.1 Å². The predicted octanol–water partition coefficient (Wildman–Crippen LogP) is 1.09. The molecule has 1 aromatic rings. The van der Waals surface area contributed by atoms with E-state index in [9.17, 15) is 9.59 Å². The zero-order valence-electron chi connectivity index (χ0n) is 18.2. The number of rotatable bonds is 6. The van der Waals surface area contributed by atoms with Crippen LogP contribution in [0.15, 0.2) is 24.3 Å². The van der Waals surface area contributed by atoms with Gasteiger partial charge in [0.15, 0.2) is 0 Å². The van der Waals surface area contributed by atoms with E-state index in [0.29, 0.717) is 36.1 Å². The van der Waals surface area contributed by atoms with Crippen molar-refractivity contribution in [1.82, 2.24) is 9.80 Å². The molecule has 2 saturated heterocycles. The van der Waals surface area contributed by atoms with Crippen LogP contribution in [0.5, 0.6) is 0 Å². The summed E-state index contributed by atoms with van der Waals surface area (Å²) < 4.78 is 1.13. The number of piperidine rings is 1. The SMILES string of the molecule is C[N+]1(CCCN2CCN(C(=O)/C=C/c3ccc(Cl)c(Cl)c3)CCC2=O)CCCCC1.[I-]. The molecule has 2 fully saturated rings. The van der Waals surface area contributed by atoms with Gasteiger partial charge in [-0.25, -0.2) is 0 Å². The molecular formula is C23H32Cl2IN3O2. The fourth-order valence-electron chi connectivity index (χ4n) is 4.36. The second-order valence-electron chi connectivity index (χ2n) is 8.67. The molecule has 1 aromatic carbocycles. The smallest absolute Gasteiger partial charge is 0.246 e. The van der Waals surface area contributed by atoms with Crippen molar-refractivity contribution in [3.05, 3.63) is 39.9 Å². The molecule has 3 rings (SSSR count). The van der Waals surface area contributed by atoms with E-state index in [1.807, 2.05) is 11.0 Å². The zero-order valence-corrected chi connectivity index (χ0v) is 21.8. The Morgan fingerprint density at radius 1 is 1.10 bits per heavy atom. The van der Waals surface area contributed by atoms with Crippen molar-refractivity contribution in [3.63, 3.8) is 0 Å². The normalized spacial score (nSPS) is 19.3. The summed E-state index contributed by atoms with van der Waals surface area (Å²) in [4.78, 5) is 28.8. The molecule has 8 heteroatoms. The molecule has 31 heavy (non-hydrogen) atoms. The molecule has 0 spiro atoms. The number of quaternary nitrogens is 1. The summed E-state index contributed by atoms with van der Waals surface area (Å²) in [5.74, 6) is 0.0714. The van der Waals surface area contributed by atoms with Crippen LogP contribution in [0.2, 0.25) is 10.0 Å². The first-order valence-electron chi connectivity index (χ1n) is 10.9. The molecule has 2 aliphatic heterocycles. The van der Waals surface area contributed by atoms with E-state index in [1.54, 1.807) is 29.2 Å². The molecule has 0 unspecified atom stereocenters. The molecule has 0 saturated carbocycles. The molecule has 172 valence electrons. The van der Waals surface area contributed by atoms with E-state index in [4.69, 9.17) is 23.2 Å². The van der Waals surface area contributed by atoms with Gasteiger partial charge in [-0.15, -0.1) is 0 Å². The van der Waals surface area contributed by atoms with Crippen LogP contribution < -0.4 is 24.0 Å². The maximum Gasteiger partial charge on any atom is 0.246 e. The summed E-state index contributed by atoms with van der Waals surface area (Å²) in [6.45, 7) is 6.06. The highest BCUT2D eigenvalue weighted by Crippen LogP contribution is 2.23. The number of nitrogens with zero attached hydrogens (tertiary/aromatic N) is 3. The Kier molecular flexibility index (Phi) is 10.6. The van der Waals surface area contributed by atoms with Crippen LogP contribution >= 0.6 is 23.2 Å². The third-order valence-corrected chi connectivity index (χ3v) is 7.02. The molecular weight excluding hydrogens is 548 g/mol. The zero-order chi connectivity index (χ0) is 21.6. The number of hydrogen-bond donors (Lipinski definition) is 0. The van der Waals surface area contributed by atoms with Crippen LogP contribution in [-0.2, 0) is 9.59 Å². The van der Waals surface area contributed by atoms with E-state index in [1.165, 1.54) is 32.4 Å². The Hall–Kier alpha value is -0.830. The summed E-state index contributed by atoms with van der Waals surface area (Å²) in [6, 6.07) is 5.26. The van der Waals surface area contributed by atoms with E-state index in [0.717, 1.165) is 29.6 Å². The van der Waals surface area contributed by atoms with Gasteiger partial charge in [0.2, 0.25) is 11.8 Å². The van der Waals surface area contributed by atoms with Gasteiger partial charge in [-0.3, -0.25) is 9.59 Å². The van der Waals surface area contributed by atoms with Gasteiger partial charge in [0.1, 0.15) is 0 Å². The Balaban J connectivity index is 0.00000341. The van der Waals surface area contributed by atoms with Crippen molar-refractivity contribution in [3.8, 4) is 0 Å². The van der Waals surface area contributed by atoms with Crippen molar-refractivity contribution in [2.24, 2.45) is 0 Å². The van der Waals surface area contributed by atoms with Crippen molar-refractivity contribution in [2.75, 3.05) is 52.9 Å². The second-order valence-corrected chi connectivity index (χ2v) is 9.48. The van der Waals surface area contributed by atoms with Crippen molar-refractivity contribution >= 4 is 41.1 Å². The van der Waals surface area contributed by atoms with E-state index < -0.39 is 0 Å². The van der Waals surface area contributed by atoms with E-state index >= 15 is 0 Å². The van der Waals surface area contributed by atoms with Crippen LogP contribution in [0.3, 0.4) is 0 Å². The van der Waals surface area contributed by atoms with Gasteiger partial charge >= 0.3 is 0 Å². The lowest BCUT2D eigenvalue weighted by atomic mass is 10.1. The van der Waals surface area contributed by atoms with Gasteiger partial charge in [-0.2, -0.15) is 0 Å². The highest BCUT2D eigenvalue weighted by molar-refractivity contribution is 6.42. The van der Waals surface area contributed by atoms with Crippen LogP contribution in [0.1, 0.15) is 37.7 Å². The number of carbonyl (C=O) groups is 2. The minimum absolute atomic E-state index is 0. The molecule has 2 amide bonds. The van der Waals surface area contributed by atoms with Gasteiger partial charge in [0, 0.05) is 45.1 Å². The number of hydrogen-bond acceptors (Lipinski definition) is 2. The fraction of sp³-hybridized carbons (Fsp3) is 0.565. The maximum absolute atomic E-state index is 12.6. The molecule has 0 atom stereocenters. The number of likely N-dealkylation sites (tertiary alicyclic amines) is 1. The van der Waals surface area contributed by atoms with Crippen molar-refractivity contribution in [1.29, 1.82) is 0 Å².